The number of nitrogens with zero attached hydrogens (tertiary/aromatic N) is 3. The van der Waals surface area contributed by atoms with Gasteiger partial charge in [0.05, 0.1) is 17.9 Å². The maximum absolute atomic E-state index is 13.5. The molecule has 3 heterocycles. The summed E-state index contributed by atoms with van der Waals surface area (Å²) in [5.41, 5.74) is 3.31. The summed E-state index contributed by atoms with van der Waals surface area (Å²) in [6.45, 7) is 3.48. The van der Waals surface area contributed by atoms with Crippen LogP contribution in [0.5, 0.6) is 0 Å². The molecule has 1 aliphatic rings. The zero-order valence-corrected chi connectivity index (χ0v) is 19.0. The molecular formula is C26H29N5O2. The van der Waals surface area contributed by atoms with Crippen LogP contribution in [0.15, 0.2) is 67.0 Å². The van der Waals surface area contributed by atoms with Crippen molar-refractivity contribution in [2.24, 2.45) is 0 Å². The number of anilines is 1. The van der Waals surface area contributed by atoms with E-state index in [4.69, 9.17) is 0 Å². The van der Waals surface area contributed by atoms with E-state index >= 15 is 0 Å². The van der Waals surface area contributed by atoms with Crippen LogP contribution in [0.25, 0.3) is 0 Å². The Balaban J connectivity index is 1.56. The van der Waals surface area contributed by atoms with E-state index in [1.807, 2.05) is 61.5 Å². The summed E-state index contributed by atoms with van der Waals surface area (Å²) in [4.78, 5) is 37.1. The number of aryl methyl sites for hydroxylation is 1. The predicted molar refractivity (Wildman–Crippen MR) is 128 cm³/mol. The number of carbonyl (C=O) groups excluding carboxylic acids is 2. The van der Waals surface area contributed by atoms with Gasteiger partial charge in [-0.05, 0) is 61.7 Å². The molecule has 1 aromatic carbocycles. The smallest absolute Gasteiger partial charge is 0.253 e. The summed E-state index contributed by atoms with van der Waals surface area (Å²) in [5, 5.41) is 6.18. The Morgan fingerprint density at radius 1 is 1.06 bits per heavy atom. The van der Waals surface area contributed by atoms with Crippen molar-refractivity contribution < 1.29 is 9.59 Å². The first-order valence-corrected chi connectivity index (χ1v) is 11.2. The van der Waals surface area contributed by atoms with E-state index in [1.54, 1.807) is 24.3 Å². The van der Waals surface area contributed by atoms with Gasteiger partial charge in [0.15, 0.2) is 0 Å². The Morgan fingerprint density at radius 3 is 2.55 bits per heavy atom. The summed E-state index contributed by atoms with van der Waals surface area (Å²) in [5.74, 6) is -0.194. The number of hydrogen-bond donors (Lipinski definition) is 2. The highest BCUT2D eigenvalue weighted by molar-refractivity contribution is 5.96. The zero-order valence-electron chi connectivity index (χ0n) is 19.0. The first kappa shape index (κ1) is 22.5. The van der Waals surface area contributed by atoms with E-state index in [0.29, 0.717) is 37.3 Å². The minimum absolute atomic E-state index is 0.0835. The van der Waals surface area contributed by atoms with Crippen LogP contribution >= 0.6 is 0 Å². The molecule has 0 aliphatic carbocycles. The van der Waals surface area contributed by atoms with Gasteiger partial charge in [-0.2, -0.15) is 0 Å². The number of rotatable bonds is 6. The number of likely N-dealkylation sites (N-methyl/N-ethyl adjacent to an activating group) is 1. The fraction of sp³-hybridized carbons (Fsp3) is 0.308. The van der Waals surface area contributed by atoms with Crippen LogP contribution in [0.4, 0.5) is 5.69 Å². The average molecular weight is 444 g/mol. The molecule has 0 saturated carbocycles. The maximum Gasteiger partial charge on any atom is 0.253 e. The van der Waals surface area contributed by atoms with Gasteiger partial charge in [-0.25, -0.2) is 0 Å². The minimum atomic E-state index is -0.853. The molecule has 1 unspecified atom stereocenters. The first-order valence-electron chi connectivity index (χ1n) is 11.2. The van der Waals surface area contributed by atoms with Gasteiger partial charge in [-0.15, -0.1) is 0 Å². The van der Waals surface area contributed by atoms with Crippen molar-refractivity contribution in [1.29, 1.82) is 0 Å². The number of benzene rings is 1. The van der Waals surface area contributed by atoms with Gasteiger partial charge in [-0.1, -0.05) is 18.2 Å². The standard InChI is InChI=1S/C26H29N5O2/c1-19-10-11-20(16-22(19)30-17-21-8-3-5-13-28-21)24(32)31-15-7-12-26(18-31,25(33)27-2)23-9-4-6-14-29-23/h3-6,8-11,13-14,16,30H,7,12,15,17-18H2,1-2H3,(H,27,33). The monoisotopic (exact) mass is 443 g/mol. The third-order valence-electron chi connectivity index (χ3n) is 6.27. The van der Waals surface area contributed by atoms with E-state index in [0.717, 1.165) is 23.4 Å². The second-order valence-corrected chi connectivity index (χ2v) is 8.41. The average Bonchev–Trinajstić information content (AvgIpc) is 2.88. The fourth-order valence-corrected chi connectivity index (χ4v) is 4.44. The van der Waals surface area contributed by atoms with E-state index in [1.165, 1.54) is 0 Å². The number of hydrogen-bond acceptors (Lipinski definition) is 5. The topological polar surface area (TPSA) is 87.2 Å². The first-order chi connectivity index (χ1) is 16.0. The molecule has 1 aliphatic heterocycles. The lowest BCUT2D eigenvalue weighted by molar-refractivity contribution is -0.128. The molecule has 2 N–H and O–H groups in total. The number of carbonyl (C=O) groups is 2. The zero-order chi connectivity index (χ0) is 23.3. The fourth-order valence-electron chi connectivity index (χ4n) is 4.44. The van der Waals surface area contributed by atoms with Crippen LogP contribution in [-0.2, 0) is 16.8 Å². The Morgan fingerprint density at radius 2 is 1.85 bits per heavy atom. The summed E-state index contributed by atoms with van der Waals surface area (Å²) in [7, 11) is 1.63. The number of amides is 2. The Kier molecular flexibility index (Phi) is 6.68. The molecule has 1 saturated heterocycles. The van der Waals surface area contributed by atoms with Crippen LogP contribution in [0.1, 0.15) is 40.2 Å². The highest BCUT2D eigenvalue weighted by Gasteiger charge is 2.45. The number of likely N-dealkylation sites (tertiary alicyclic amines) is 1. The van der Waals surface area contributed by atoms with Gasteiger partial charge in [0, 0.05) is 43.8 Å². The highest BCUT2D eigenvalue weighted by Crippen LogP contribution is 2.34. The summed E-state index contributed by atoms with van der Waals surface area (Å²) < 4.78 is 0. The normalized spacial score (nSPS) is 17.9. The lowest BCUT2D eigenvalue weighted by Crippen LogP contribution is -2.56. The van der Waals surface area contributed by atoms with Crippen molar-refractivity contribution in [3.63, 3.8) is 0 Å². The Bertz CT molecular complexity index is 1120. The lowest BCUT2D eigenvalue weighted by atomic mass is 9.75. The predicted octanol–water partition coefficient (Wildman–Crippen LogP) is 3.32. The third-order valence-corrected chi connectivity index (χ3v) is 6.27. The molecule has 33 heavy (non-hydrogen) atoms. The number of aromatic nitrogens is 2. The quantitative estimate of drug-likeness (QED) is 0.610. The molecule has 4 rings (SSSR count). The molecule has 2 amide bonds. The molecule has 1 atom stereocenters. The van der Waals surface area contributed by atoms with Crippen molar-refractivity contribution in [1.82, 2.24) is 20.2 Å². The van der Waals surface area contributed by atoms with Gasteiger partial charge >= 0.3 is 0 Å². The highest BCUT2D eigenvalue weighted by atomic mass is 16.2. The van der Waals surface area contributed by atoms with Crippen LogP contribution in [-0.4, -0.2) is 46.8 Å². The molecule has 7 heteroatoms. The van der Waals surface area contributed by atoms with Gasteiger partial charge in [0.1, 0.15) is 5.41 Å². The molecule has 7 nitrogen and oxygen atoms in total. The Labute approximate surface area is 194 Å². The Hall–Kier alpha value is -3.74. The summed E-state index contributed by atoms with van der Waals surface area (Å²) in [6, 6.07) is 17.1. The largest absolute Gasteiger partial charge is 0.379 e. The van der Waals surface area contributed by atoms with Gasteiger partial charge in [0.2, 0.25) is 5.91 Å². The van der Waals surface area contributed by atoms with Crippen molar-refractivity contribution >= 4 is 17.5 Å². The van der Waals surface area contributed by atoms with Gasteiger partial charge in [-0.3, -0.25) is 19.6 Å². The molecule has 0 spiro atoms. The number of pyridine rings is 2. The molecule has 2 aromatic heterocycles. The minimum Gasteiger partial charge on any atom is -0.379 e. The summed E-state index contributed by atoms with van der Waals surface area (Å²) >= 11 is 0. The van der Waals surface area contributed by atoms with Crippen molar-refractivity contribution in [2.45, 2.75) is 31.7 Å². The van der Waals surface area contributed by atoms with Crippen molar-refractivity contribution in [3.8, 4) is 0 Å². The number of nitrogens with one attached hydrogen (secondary N) is 2. The van der Waals surface area contributed by atoms with Crippen molar-refractivity contribution in [3.05, 3.63) is 89.5 Å². The molecular weight excluding hydrogens is 414 g/mol. The van der Waals surface area contributed by atoms with Crippen LogP contribution in [0, 0.1) is 6.92 Å². The van der Waals surface area contributed by atoms with E-state index in [2.05, 4.69) is 20.6 Å². The number of piperidine rings is 1. The van der Waals surface area contributed by atoms with E-state index in [9.17, 15) is 9.59 Å². The molecule has 1 fully saturated rings. The van der Waals surface area contributed by atoms with Crippen LogP contribution < -0.4 is 10.6 Å². The van der Waals surface area contributed by atoms with E-state index < -0.39 is 5.41 Å². The molecule has 0 bridgehead atoms. The molecule has 3 aromatic rings. The summed E-state index contributed by atoms with van der Waals surface area (Å²) in [6.07, 6.45) is 4.84. The van der Waals surface area contributed by atoms with Crippen LogP contribution in [0.3, 0.4) is 0 Å². The SMILES string of the molecule is CNC(=O)C1(c2ccccn2)CCCN(C(=O)c2ccc(C)c(NCc3ccccn3)c2)C1. The van der Waals surface area contributed by atoms with E-state index in [-0.39, 0.29) is 11.8 Å². The van der Waals surface area contributed by atoms with Gasteiger partial charge < -0.3 is 15.5 Å². The van der Waals surface area contributed by atoms with Crippen LogP contribution in [0.2, 0.25) is 0 Å². The maximum atomic E-state index is 13.5. The molecule has 170 valence electrons. The van der Waals surface area contributed by atoms with Gasteiger partial charge in [0.25, 0.3) is 5.91 Å². The lowest BCUT2D eigenvalue weighted by Gasteiger charge is -2.41. The second kappa shape index (κ2) is 9.81. The second-order valence-electron chi connectivity index (χ2n) is 8.41. The van der Waals surface area contributed by atoms with Crippen molar-refractivity contribution in [2.75, 3.05) is 25.5 Å². The third kappa shape index (κ3) is 4.72. The molecule has 0 radical (unpaired) electrons.